The third-order valence-corrected chi connectivity index (χ3v) is 4.80. The SMILES string of the molecule is CCC(CC)CNC[C@H](O)c1ccc(O)c2[nH]c(=O)sc12. The molecule has 0 aliphatic heterocycles. The molecule has 1 heterocycles. The zero-order valence-corrected chi connectivity index (χ0v) is 13.2. The van der Waals surface area contributed by atoms with E-state index in [9.17, 15) is 15.0 Å². The number of aliphatic hydroxyl groups is 1. The zero-order chi connectivity index (χ0) is 15.4. The minimum atomic E-state index is -0.700. The topological polar surface area (TPSA) is 85.3 Å². The highest BCUT2D eigenvalue weighted by atomic mass is 32.1. The lowest BCUT2D eigenvalue weighted by Gasteiger charge is -2.17. The van der Waals surface area contributed by atoms with E-state index in [0.29, 0.717) is 28.2 Å². The van der Waals surface area contributed by atoms with Crippen molar-refractivity contribution in [2.75, 3.05) is 13.1 Å². The number of H-pyrrole nitrogens is 1. The molecule has 0 radical (unpaired) electrons. The van der Waals surface area contributed by atoms with Crippen LogP contribution in [0.25, 0.3) is 10.2 Å². The molecule has 0 aliphatic rings. The predicted molar refractivity (Wildman–Crippen MR) is 86.0 cm³/mol. The number of nitrogens with one attached hydrogen (secondary N) is 2. The molecule has 0 spiro atoms. The second-order valence-electron chi connectivity index (χ2n) is 5.25. The van der Waals surface area contributed by atoms with Gasteiger partial charge < -0.3 is 20.5 Å². The van der Waals surface area contributed by atoms with E-state index >= 15 is 0 Å². The van der Waals surface area contributed by atoms with Crippen LogP contribution in [-0.4, -0.2) is 28.3 Å². The molecule has 4 N–H and O–H groups in total. The van der Waals surface area contributed by atoms with Crippen molar-refractivity contribution in [1.82, 2.24) is 10.3 Å². The molecule has 1 aromatic heterocycles. The highest BCUT2D eigenvalue weighted by Gasteiger charge is 2.16. The number of aliphatic hydroxyl groups excluding tert-OH is 1. The molecule has 6 heteroatoms. The van der Waals surface area contributed by atoms with Gasteiger partial charge in [-0.3, -0.25) is 4.79 Å². The van der Waals surface area contributed by atoms with Gasteiger partial charge in [0, 0.05) is 12.1 Å². The van der Waals surface area contributed by atoms with Crippen LogP contribution in [0.5, 0.6) is 5.75 Å². The van der Waals surface area contributed by atoms with E-state index in [1.165, 1.54) is 6.07 Å². The maximum Gasteiger partial charge on any atom is 0.305 e. The number of aromatic nitrogens is 1. The number of phenols is 1. The normalized spacial score (nSPS) is 13.1. The van der Waals surface area contributed by atoms with Crippen LogP contribution in [0.4, 0.5) is 0 Å². The van der Waals surface area contributed by atoms with Gasteiger partial charge in [0.15, 0.2) is 0 Å². The maximum absolute atomic E-state index is 11.5. The van der Waals surface area contributed by atoms with E-state index in [1.54, 1.807) is 6.07 Å². The molecule has 5 nitrogen and oxygen atoms in total. The molecular formula is C15H22N2O3S. The predicted octanol–water partition coefficient (Wildman–Crippen LogP) is 2.35. The van der Waals surface area contributed by atoms with Crippen molar-refractivity contribution in [2.24, 2.45) is 5.92 Å². The lowest BCUT2D eigenvalue weighted by molar-refractivity contribution is 0.174. The van der Waals surface area contributed by atoms with Gasteiger partial charge in [-0.05, 0) is 18.5 Å². The quantitative estimate of drug-likeness (QED) is 0.632. The number of aromatic amines is 1. The second-order valence-corrected chi connectivity index (χ2v) is 6.23. The summed E-state index contributed by atoms with van der Waals surface area (Å²) in [7, 11) is 0. The highest BCUT2D eigenvalue weighted by molar-refractivity contribution is 7.16. The van der Waals surface area contributed by atoms with Gasteiger partial charge >= 0.3 is 4.87 Å². The Balaban J connectivity index is 2.11. The second kappa shape index (κ2) is 7.06. The van der Waals surface area contributed by atoms with E-state index in [2.05, 4.69) is 24.1 Å². The lowest BCUT2D eigenvalue weighted by atomic mass is 10.0. The number of fused-ring (bicyclic) bond motifs is 1. The van der Waals surface area contributed by atoms with E-state index < -0.39 is 6.10 Å². The maximum atomic E-state index is 11.5. The molecule has 0 aliphatic carbocycles. The van der Waals surface area contributed by atoms with E-state index in [0.717, 1.165) is 30.7 Å². The Morgan fingerprint density at radius 3 is 2.67 bits per heavy atom. The monoisotopic (exact) mass is 310 g/mol. The molecule has 2 rings (SSSR count). The van der Waals surface area contributed by atoms with Crippen molar-refractivity contribution >= 4 is 21.6 Å². The summed E-state index contributed by atoms with van der Waals surface area (Å²) < 4.78 is 0.622. The molecule has 0 unspecified atom stereocenters. The highest BCUT2D eigenvalue weighted by Crippen LogP contribution is 2.31. The summed E-state index contributed by atoms with van der Waals surface area (Å²) in [6.45, 7) is 5.62. The molecule has 0 amide bonds. The van der Waals surface area contributed by atoms with Gasteiger partial charge in [-0.2, -0.15) is 0 Å². The van der Waals surface area contributed by atoms with Crippen molar-refractivity contribution in [3.8, 4) is 5.75 Å². The molecule has 1 atom stereocenters. The largest absolute Gasteiger partial charge is 0.506 e. The average Bonchev–Trinajstić information content (AvgIpc) is 2.86. The van der Waals surface area contributed by atoms with Crippen molar-refractivity contribution in [1.29, 1.82) is 0 Å². The van der Waals surface area contributed by atoms with Gasteiger partial charge in [0.25, 0.3) is 0 Å². The third kappa shape index (κ3) is 3.64. The van der Waals surface area contributed by atoms with Gasteiger partial charge in [-0.1, -0.05) is 44.1 Å². The summed E-state index contributed by atoms with van der Waals surface area (Å²) >= 11 is 1.01. The van der Waals surface area contributed by atoms with Gasteiger partial charge in [-0.15, -0.1) is 0 Å². The Hall–Kier alpha value is -1.37. The first-order valence-electron chi connectivity index (χ1n) is 7.30. The smallest absolute Gasteiger partial charge is 0.305 e. The van der Waals surface area contributed by atoms with Crippen LogP contribution in [0, 0.1) is 5.92 Å². The minimum Gasteiger partial charge on any atom is -0.506 e. The Bertz CT molecular complexity index is 646. The van der Waals surface area contributed by atoms with Gasteiger partial charge in [-0.25, -0.2) is 0 Å². The van der Waals surface area contributed by atoms with Crippen molar-refractivity contribution in [3.05, 3.63) is 27.4 Å². The van der Waals surface area contributed by atoms with Gasteiger partial charge in [0.2, 0.25) is 0 Å². The molecule has 0 saturated heterocycles. The summed E-state index contributed by atoms with van der Waals surface area (Å²) in [6, 6.07) is 3.18. The first-order chi connectivity index (χ1) is 10.1. The Labute approximate surface area is 127 Å². The summed E-state index contributed by atoms with van der Waals surface area (Å²) in [5.41, 5.74) is 1.07. The van der Waals surface area contributed by atoms with Crippen LogP contribution >= 0.6 is 11.3 Å². The van der Waals surface area contributed by atoms with E-state index in [1.807, 2.05) is 0 Å². The van der Waals surface area contributed by atoms with Crippen LogP contribution in [0.3, 0.4) is 0 Å². The number of hydrogen-bond donors (Lipinski definition) is 4. The number of benzene rings is 1. The van der Waals surface area contributed by atoms with Crippen LogP contribution in [0.1, 0.15) is 38.4 Å². The van der Waals surface area contributed by atoms with Crippen molar-refractivity contribution < 1.29 is 10.2 Å². The van der Waals surface area contributed by atoms with Crippen LogP contribution in [0.2, 0.25) is 0 Å². The molecule has 1 aromatic carbocycles. The van der Waals surface area contributed by atoms with Gasteiger partial charge in [0.1, 0.15) is 11.3 Å². The average molecular weight is 310 g/mol. The summed E-state index contributed by atoms with van der Waals surface area (Å²) in [6.07, 6.45) is 1.53. The summed E-state index contributed by atoms with van der Waals surface area (Å²) in [4.78, 5) is 13.8. The molecule has 0 fully saturated rings. The molecule has 0 bridgehead atoms. The van der Waals surface area contributed by atoms with E-state index in [-0.39, 0.29) is 10.6 Å². The fraction of sp³-hybridized carbons (Fsp3) is 0.533. The van der Waals surface area contributed by atoms with E-state index in [4.69, 9.17) is 0 Å². The lowest BCUT2D eigenvalue weighted by Crippen LogP contribution is -2.27. The van der Waals surface area contributed by atoms with Gasteiger partial charge in [0.05, 0.1) is 10.8 Å². The zero-order valence-electron chi connectivity index (χ0n) is 12.3. The standard InChI is InChI=1S/C15H22N2O3S/c1-3-9(4-2)7-16-8-12(19)10-5-6-11(18)13-14(10)21-15(20)17-13/h5-6,9,12,16,18-19H,3-4,7-8H2,1-2H3,(H,17,20)/t12-/m0/s1. The van der Waals surface area contributed by atoms with Crippen LogP contribution in [0.15, 0.2) is 16.9 Å². The first kappa shape index (κ1) is 16.0. The number of rotatable bonds is 7. The number of hydrogen-bond acceptors (Lipinski definition) is 5. The molecule has 2 aromatic rings. The number of phenolic OH excluding ortho intramolecular Hbond substituents is 1. The van der Waals surface area contributed by atoms with Crippen LogP contribution < -0.4 is 10.2 Å². The molecular weight excluding hydrogens is 288 g/mol. The van der Waals surface area contributed by atoms with Crippen molar-refractivity contribution in [3.63, 3.8) is 0 Å². The third-order valence-electron chi connectivity index (χ3n) is 3.87. The minimum absolute atomic E-state index is 0.0317. The fourth-order valence-electron chi connectivity index (χ4n) is 2.41. The summed E-state index contributed by atoms with van der Waals surface area (Å²) in [5, 5.41) is 23.3. The number of thiazole rings is 1. The van der Waals surface area contributed by atoms with Crippen LogP contribution in [-0.2, 0) is 0 Å². The van der Waals surface area contributed by atoms with Crippen molar-refractivity contribution in [2.45, 2.75) is 32.8 Å². The number of aromatic hydroxyl groups is 1. The fourth-order valence-corrected chi connectivity index (χ4v) is 3.33. The summed E-state index contributed by atoms with van der Waals surface area (Å²) in [5.74, 6) is 0.643. The molecule has 0 saturated carbocycles. The molecule has 116 valence electrons. The first-order valence-corrected chi connectivity index (χ1v) is 8.11. The Morgan fingerprint density at radius 1 is 1.29 bits per heavy atom. The Kier molecular flexibility index (Phi) is 5.39. The molecule has 21 heavy (non-hydrogen) atoms. The Morgan fingerprint density at radius 2 is 2.00 bits per heavy atom.